The topological polar surface area (TPSA) is 72.0 Å². The smallest absolute Gasteiger partial charge is 0.410 e. The zero-order valence-electron chi connectivity index (χ0n) is 18.8. The van der Waals surface area contributed by atoms with E-state index in [1.807, 2.05) is 18.2 Å². The SMILES string of the molecule is O=C1OC2(CCN(C(=O)c3cccnc3Oc3ccccc3)CC2)CN1Cc1ccc(F)c(F)c1. The summed E-state index contributed by atoms with van der Waals surface area (Å²) < 4.78 is 38.3. The van der Waals surface area contributed by atoms with Gasteiger partial charge in [-0.2, -0.15) is 0 Å². The van der Waals surface area contributed by atoms with Crippen LogP contribution in [-0.2, 0) is 11.3 Å². The molecule has 0 saturated carbocycles. The molecule has 0 unspecified atom stereocenters. The van der Waals surface area contributed by atoms with E-state index in [2.05, 4.69) is 4.98 Å². The number of ether oxygens (including phenoxy) is 2. The van der Waals surface area contributed by atoms with Crippen molar-refractivity contribution in [2.45, 2.75) is 25.0 Å². The Morgan fingerprint density at radius 2 is 1.80 bits per heavy atom. The number of benzene rings is 2. The molecular formula is C26H23F2N3O4. The van der Waals surface area contributed by atoms with Gasteiger partial charge in [-0.05, 0) is 42.0 Å². The molecule has 1 spiro atoms. The number of pyridine rings is 1. The van der Waals surface area contributed by atoms with Crippen molar-refractivity contribution < 1.29 is 27.8 Å². The Morgan fingerprint density at radius 3 is 2.54 bits per heavy atom. The van der Waals surface area contributed by atoms with E-state index in [9.17, 15) is 18.4 Å². The van der Waals surface area contributed by atoms with E-state index in [1.54, 1.807) is 35.4 Å². The molecule has 3 aromatic rings. The number of rotatable bonds is 5. The minimum Gasteiger partial charge on any atom is -0.441 e. The Morgan fingerprint density at radius 1 is 1.03 bits per heavy atom. The molecule has 2 aliphatic heterocycles. The number of carbonyl (C=O) groups is 2. The van der Waals surface area contributed by atoms with Gasteiger partial charge in [-0.25, -0.2) is 18.6 Å². The highest BCUT2D eigenvalue weighted by Gasteiger charge is 2.47. The van der Waals surface area contributed by atoms with Crippen molar-refractivity contribution in [1.82, 2.24) is 14.8 Å². The summed E-state index contributed by atoms with van der Waals surface area (Å²) in [7, 11) is 0. The number of piperidine rings is 1. The highest BCUT2D eigenvalue weighted by Crippen LogP contribution is 2.35. The van der Waals surface area contributed by atoms with Gasteiger partial charge in [0.2, 0.25) is 5.88 Å². The van der Waals surface area contributed by atoms with Crippen molar-refractivity contribution in [3.8, 4) is 11.6 Å². The van der Waals surface area contributed by atoms with Crippen molar-refractivity contribution in [2.24, 2.45) is 0 Å². The number of likely N-dealkylation sites (tertiary alicyclic amines) is 1. The summed E-state index contributed by atoms with van der Waals surface area (Å²) in [5.41, 5.74) is 0.119. The minimum atomic E-state index is -0.956. The first-order valence-electron chi connectivity index (χ1n) is 11.3. The normalized spacial score (nSPS) is 16.9. The number of hydrogen-bond donors (Lipinski definition) is 0. The van der Waals surface area contributed by atoms with E-state index in [4.69, 9.17) is 9.47 Å². The van der Waals surface area contributed by atoms with Crippen LogP contribution in [0.15, 0.2) is 66.9 Å². The van der Waals surface area contributed by atoms with E-state index in [1.165, 1.54) is 11.0 Å². The van der Waals surface area contributed by atoms with Gasteiger partial charge in [-0.15, -0.1) is 0 Å². The zero-order valence-corrected chi connectivity index (χ0v) is 18.8. The maximum Gasteiger partial charge on any atom is 0.410 e. The van der Waals surface area contributed by atoms with E-state index >= 15 is 0 Å². The van der Waals surface area contributed by atoms with E-state index in [0.717, 1.165) is 12.1 Å². The predicted molar refractivity (Wildman–Crippen MR) is 122 cm³/mol. The van der Waals surface area contributed by atoms with Crippen LogP contribution in [0.5, 0.6) is 11.6 Å². The van der Waals surface area contributed by atoms with Crippen LogP contribution in [0.4, 0.5) is 13.6 Å². The van der Waals surface area contributed by atoms with Gasteiger partial charge in [0.05, 0.1) is 6.54 Å². The third kappa shape index (κ3) is 4.80. The molecule has 9 heteroatoms. The van der Waals surface area contributed by atoms with Crippen LogP contribution >= 0.6 is 0 Å². The van der Waals surface area contributed by atoms with Gasteiger partial charge < -0.3 is 14.4 Å². The van der Waals surface area contributed by atoms with Crippen LogP contribution < -0.4 is 4.74 Å². The molecule has 0 aliphatic carbocycles. The van der Waals surface area contributed by atoms with Crippen molar-refractivity contribution in [3.05, 3.63) is 89.6 Å². The summed E-state index contributed by atoms with van der Waals surface area (Å²) in [5.74, 6) is -1.28. The van der Waals surface area contributed by atoms with Crippen molar-refractivity contribution in [3.63, 3.8) is 0 Å². The maximum atomic E-state index is 13.5. The van der Waals surface area contributed by atoms with E-state index in [0.29, 0.717) is 49.4 Å². The van der Waals surface area contributed by atoms with Crippen molar-refractivity contribution in [1.29, 1.82) is 0 Å². The van der Waals surface area contributed by atoms with Gasteiger partial charge in [-0.1, -0.05) is 24.3 Å². The molecule has 3 heterocycles. The molecule has 7 nitrogen and oxygen atoms in total. The lowest BCUT2D eigenvalue weighted by Crippen LogP contribution is -2.48. The average Bonchev–Trinajstić information content (AvgIpc) is 3.16. The minimum absolute atomic E-state index is 0.121. The first-order chi connectivity index (χ1) is 16.9. The average molecular weight is 479 g/mol. The summed E-state index contributed by atoms with van der Waals surface area (Å²) in [6.45, 7) is 1.23. The molecule has 0 radical (unpaired) electrons. The fraction of sp³-hybridized carbons (Fsp3) is 0.269. The fourth-order valence-electron chi connectivity index (χ4n) is 4.46. The third-order valence-electron chi connectivity index (χ3n) is 6.32. The van der Waals surface area contributed by atoms with Crippen molar-refractivity contribution >= 4 is 12.0 Å². The highest BCUT2D eigenvalue weighted by atomic mass is 19.2. The second-order valence-corrected chi connectivity index (χ2v) is 8.72. The largest absolute Gasteiger partial charge is 0.441 e. The Labute approximate surface area is 200 Å². The number of hydrogen-bond acceptors (Lipinski definition) is 5. The van der Waals surface area contributed by atoms with Crippen LogP contribution in [0, 0.1) is 11.6 Å². The lowest BCUT2D eigenvalue weighted by atomic mass is 9.91. The van der Waals surface area contributed by atoms with Crippen LogP contribution in [0.3, 0.4) is 0 Å². The molecule has 35 heavy (non-hydrogen) atoms. The summed E-state index contributed by atoms with van der Waals surface area (Å²) in [5, 5.41) is 0. The number of halogens is 2. The molecule has 0 N–H and O–H groups in total. The predicted octanol–water partition coefficient (Wildman–Crippen LogP) is 4.78. The number of amides is 2. The molecule has 2 saturated heterocycles. The fourth-order valence-corrected chi connectivity index (χ4v) is 4.46. The van der Waals surface area contributed by atoms with Gasteiger partial charge in [0, 0.05) is 38.7 Å². The summed E-state index contributed by atoms with van der Waals surface area (Å²) in [6, 6.07) is 16.0. The highest BCUT2D eigenvalue weighted by molar-refractivity contribution is 5.96. The standard InChI is InChI=1S/C26H23F2N3O4/c27-21-9-8-18(15-22(21)28)16-31-17-26(35-25(31)33)10-13-30(14-11-26)24(32)20-7-4-12-29-23(20)34-19-5-2-1-3-6-19/h1-9,12,15H,10-11,13-14,16-17H2. The van der Waals surface area contributed by atoms with Gasteiger partial charge >= 0.3 is 6.09 Å². The van der Waals surface area contributed by atoms with Crippen LogP contribution in [0.2, 0.25) is 0 Å². The van der Waals surface area contributed by atoms with Crippen molar-refractivity contribution in [2.75, 3.05) is 19.6 Å². The second-order valence-electron chi connectivity index (χ2n) is 8.72. The van der Waals surface area contributed by atoms with E-state index in [-0.39, 0.29) is 18.3 Å². The second kappa shape index (κ2) is 9.32. The number of nitrogens with zero attached hydrogens (tertiary/aromatic N) is 3. The first-order valence-corrected chi connectivity index (χ1v) is 11.3. The Bertz CT molecular complexity index is 1250. The maximum absolute atomic E-state index is 13.5. The molecular weight excluding hydrogens is 456 g/mol. The number of para-hydroxylation sites is 1. The molecule has 2 fully saturated rings. The zero-order chi connectivity index (χ0) is 24.4. The van der Waals surface area contributed by atoms with Gasteiger partial charge in [0.15, 0.2) is 11.6 Å². The Hall–Kier alpha value is -4.01. The van der Waals surface area contributed by atoms with Gasteiger partial charge in [0.25, 0.3) is 5.91 Å². The molecule has 5 rings (SSSR count). The quantitative estimate of drug-likeness (QED) is 0.527. The monoisotopic (exact) mass is 479 g/mol. The van der Waals surface area contributed by atoms with Gasteiger partial charge in [-0.3, -0.25) is 9.69 Å². The van der Waals surface area contributed by atoms with E-state index < -0.39 is 23.3 Å². The number of aromatic nitrogens is 1. The molecule has 2 amide bonds. The molecule has 2 aromatic carbocycles. The first kappa shape index (κ1) is 22.8. The molecule has 0 bridgehead atoms. The molecule has 180 valence electrons. The number of carbonyl (C=O) groups excluding carboxylic acids is 2. The van der Waals surface area contributed by atoms with Crippen LogP contribution in [-0.4, -0.2) is 52.0 Å². The Kier molecular flexibility index (Phi) is 6.07. The summed E-state index contributed by atoms with van der Waals surface area (Å²) in [6.07, 6.45) is 2.00. The molecule has 0 atom stereocenters. The molecule has 1 aromatic heterocycles. The van der Waals surface area contributed by atoms with Gasteiger partial charge in [0.1, 0.15) is 16.9 Å². The third-order valence-corrected chi connectivity index (χ3v) is 6.32. The lowest BCUT2D eigenvalue weighted by Gasteiger charge is -2.37. The van der Waals surface area contributed by atoms with Crippen LogP contribution in [0.25, 0.3) is 0 Å². The summed E-state index contributed by atoms with van der Waals surface area (Å²) >= 11 is 0. The summed E-state index contributed by atoms with van der Waals surface area (Å²) in [4.78, 5) is 33.2. The van der Waals surface area contributed by atoms with Crippen LogP contribution in [0.1, 0.15) is 28.8 Å². The lowest BCUT2D eigenvalue weighted by molar-refractivity contribution is 0.00306. The molecule has 2 aliphatic rings. The Balaban J connectivity index is 1.23.